The van der Waals surface area contributed by atoms with Crippen LogP contribution in [0.25, 0.3) is 0 Å². The molecule has 2 rings (SSSR count). The number of nitrogens with one attached hydrogen (secondary N) is 2. The van der Waals surface area contributed by atoms with E-state index >= 15 is 0 Å². The van der Waals surface area contributed by atoms with Crippen LogP contribution in [-0.4, -0.2) is 28.7 Å². The van der Waals surface area contributed by atoms with Crippen LogP contribution in [0.5, 0.6) is 0 Å². The molecule has 0 amide bonds. The van der Waals surface area contributed by atoms with Gasteiger partial charge in [-0.3, -0.25) is 0 Å². The number of hydrogen-bond acceptors (Lipinski definition) is 5. The molecule has 0 radical (unpaired) electrons. The van der Waals surface area contributed by atoms with Gasteiger partial charge in [0.05, 0.1) is 0 Å². The molecule has 18 heavy (non-hydrogen) atoms. The lowest BCUT2D eigenvalue weighted by atomic mass is 10.3. The van der Waals surface area contributed by atoms with Gasteiger partial charge in [0.25, 0.3) is 0 Å². The van der Waals surface area contributed by atoms with Crippen LogP contribution < -0.4 is 10.6 Å². The monoisotopic (exact) mass is 250 g/mol. The fraction of sp³-hybridized carbons (Fsp3) is 0.692. The molecule has 1 aliphatic rings. The van der Waals surface area contributed by atoms with E-state index in [4.69, 9.17) is 4.74 Å². The van der Waals surface area contributed by atoms with E-state index < -0.39 is 0 Å². The summed E-state index contributed by atoms with van der Waals surface area (Å²) in [4.78, 5) is 8.92. The van der Waals surface area contributed by atoms with Crippen LogP contribution in [0.2, 0.25) is 0 Å². The highest BCUT2D eigenvalue weighted by Crippen LogP contribution is 2.37. The van der Waals surface area contributed by atoms with Crippen LogP contribution in [0.1, 0.15) is 39.4 Å². The molecule has 1 saturated carbocycles. The predicted octanol–water partition coefficient (Wildman–Crippen LogP) is 2.41. The Labute approximate surface area is 108 Å². The van der Waals surface area contributed by atoms with E-state index in [9.17, 15) is 0 Å². The van der Waals surface area contributed by atoms with Crippen molar-refractivity contribution in [1.82, 2.24) is 9.97 Å². The van der Waals surface area contributed by atoms with E-state index in [1.807, 2.05) is 13.0 Å². The minimum Gasteiger partial charge on any atom is -0.374 e. The average molecular weight is 250 g/mol. The summed E-state index contributed by atoms with van der Waals surface area (Å²) in [6, 6.07) is 1.96. The molecule has 0 atom stereocenters. The molecular weight excluding hydrogens is 228 g/mol. The molecule has 5 heteroatoms. The van der Waals surface area contributed by atoms with Gasteiger partial charge in [0, 0.05) is 24.8 Å². The predicted molar refractivity (Wildman–Crippen MR) is 72.8 cm³/mol. The molecule has 1 aromatic heterocycles. The van der Waals surface area contributed by atoms with Crippen LogP contribution in [0, 0.1) is 0 Å². The molecule has 0 bridgehead atoms. The minimum absolute atomic E-state index is 0.223. The van der Waals surface area contributed by atoms with Crippen molar-refractivity contribution in [2.24, 2.45) is 0 Å². The van der Waals surface area contributed by atoms with Crippen LogP contribution in [0.4, 0.5) is 11.6 Å². The van der Waals surface area contributed by atoms with Crippen molar-refractivity contribution in [3.05, 3.63) is 11.9 Å². The second-order valence-electron chi connectivity index (χ2n) is 4.91. The normalized spacial score (nSPS) is 16.4. The Balaban J connectivity index is 2.13. The van der Waals surface area contributed by atoms with Crippen molar-refractivity contribution < 1.29 is 4.74 Å². The van der Waals surface area contributed by atoms with E-state index in [0.717, 1.165) is 24.0 Å². The maximum absolute atomic E-state index is 5.37. The van der Waals surface area contributed by atoms with Gasteiger partial charge in [0.15, 0.2) is 5.82 Å². The first-order chi connectivity index (χ1) is 8.65. The molecule has 0 aliphatic heterocycles. The zero-order valence-corrected chi connectivity index (χ0v) is 11.4. The molecule has 1 aromatic rings. The van der Waals surface area contributed by atoms with E-state index in [2.05, 4.69) is 34.4 Å². The molecule has 100 valence electrons. The molecule has 2 N–H and O–H groups in total. The highest BCUT2D eigenvalue weighted by Gasteiger charge is 2.37. The number of hydrogen-bond donors (Lipinski definition) is 2. The van der Waals surface area contributed by atoms with E-state index in [0.29, 0.717) is 13.2 Å². The van der Waals surface area contributed by atoms with Gasteiger partial charge in [-0.25, -0.2) is 9.97 Å². The smallest absolute Gasteiger partial charge is 0.158 e. The van der Waals surface area contributed by atoms with E-state index in [1.165, 1.54) is 12.8 Å². The summed E-state index contributed by atoms with van der Waals surface area (Å²) in [5.41, 5.74) is 0.223. The Bertz CT molecular complexity index is 404. The third-order valence-electron chi connectivity index (χ3n) is 3.00. The second kappa shape index (κ2) is 5.52. The van der Waals surface area contributed by atoms with Crippen LogP contribution >= 0.6 is 0 Å². The lowest BCUT2D eigenvalue weighted by molar-refractivity contribution is 0.128. The SMILES string of the molecule is CCNc1cc(NC2(C)CC2)nc(COCC)n1. The summed E-state index contributed by atoms with van der Waals surface area (Å²) in [5, 5.41) is 6.69. The van der Waals surface area contributed by atoms with Crippen molar-refractivity contribution in [2.75, 3.05) is 23.8 Å². The average Bonchev–Trinajstić information content (AvgIpc) is 3.04. The lowest BCUT2D eigenvalue weighted by Gasteiger charge is -2.14. The third kappa shape index (κ3) is 3.57. The summed E-state index contributed by atoms with van der Waals surface area (Å²) in [6.07, 6.45) is 2.41. The molecular formula is C13H22N4O. The number of ether oxygens (including phenoxy) is 1. The van der Waals surface area contributed by atoms with Gasteiger partial charge < -0.3 is 15.4 Å². The van der Waals surface area contributed by atoms with Crippen LogP contribution in [0.3, 0.4) is 0 Å². The van der Waals surface area contributed by atoms with Crippen molar-refractivity contribution in [1.29, 1.82) is 0 Å². The van der Waals surface area contributed by atoms with Crippen molar-refractivity contribution in [3.8, 4) is 0 Å². The number of nitrogens with zero attached hydrogens (tertiary/aromatic N) is 2. The molecule has 0 saturated heterocycles. The second-order valence-corrected chi connectivity index (χ2v) is 4.91. The van der Waals surface area contributed by atoms with Crippen molar-refractivity contribution in [3.63, 3.8) is 0 Å². The first kappa shape index (κ1) is 13.1. The van der Waals surface area contributed by atoms with E-state index in [-0.39, 0.29) is 5.54 Å². The maximum atomic E-state index is 5.37. The number of rotatable bonds is 7. The Morgan fingerprint density at radius 2 is 2.00 bits per heavy atom. The molecule has 1 fully saturated rings. The molecule has 1 heterocycles. The molecule has 0 unspecified atom stereocenters. The molecule has 0 aromatic carbocycles. The molecule has 1 aliphatic carbocycles. The first-order valence-electron chi connectivity index (χ1n) is 6.63. The summed E-state index contributed by atoms with van der Waals surface area (Å²) in [5.74, 6) is 2.46. The largest absolute Gasteiger partial charge is 0.374 e. The van der Waals surface area contributed by atoms with Gasteiger partial charge in [-0.15, -0.1) is 0 Å². The van der Waals surface area contributed by atoms with Gasteiger partial charge in [-0.05, 0) is 33.6 Å². The van der Waals surface area contributed by atoms with Gasteiger partial charge in [0.1, 0.15) is 18.2 Å². The fourth-order valence-corrected chi connectivity index (χ4v) is 1.71. The first-order valence-corrected chi connectivity index (χ1v) is 6.63. The minimum atomic E-state index is 0.223. The summed E-state index contributed by atoms with van der Waals surface area (Å²) >= 11 is 0. The van der Waals surface area contributed by atoms with Crippen LogP contribution in [0.15, 0.2) is 6.07 Å². The lowest BCUT2D eigenvalue weighted by Crippen LogP contribution is -2.18. The summed E-state index contributed by atoms with van der Waals surface area (Å²) in [7, 11) is 0. The molecule has 5 nitrogen and oxygen atoms in total. The summed E-state index contributed by atoms with van der Waals surface area (Å²) in [6.45, 7) is 8.22. The zero-order valence-electron chi connectivity index (χ0n) is 11.4. The van der Waals surface area contributed by atoms with Gasteiger partial charge in [0.2, 0.25) is 0 Å². The standard InChI is InChI=1S/C13H22N4O/c1-4-14-10-8-11(17-13(3)6-7-13)16-12(15-10)9-18-5-2/h8H,4-7,9H2,1-3H3,(H2,14,15,16,17). The zero-order chi connectivity index (χ0) is 13.0. The number of anilines is 2. The van der Waals surface area contributed by atoms with Gasteiger partial charge in [-0.1, -0.05) is 0 Å². The Morgan fingerprint density at radius 3 is 2.61 bits per heavy atom. The molecule has 0 spiro atoms. The van der Waals surface area contributed by atoms with E-state index in [1.54, 1.807) is 0 Å². The Hall–Kier alpha value is -1.36. The van der Waals surface area contributed by atoms with Crippen molar-refractivity contribution in [2.45, 2.75) is 45.8 Å². The highest BCUT2D eigenvalue weighted by molar-refractivity contribution is 5.49. The third-order valence-corrected chi connectivity index (χ3v) is 3.00. The number of aromatic nitrogens is 2. The fourth-order valence-electron chi connectivity index (χ4n) is 1.71. The van der Waals surface area contributed by atoms with Crippen LogP contribution in [-0.2, 0) is 11.3 Å². The van der Waals surface area contributed by atoms with Gasteiger partial charge in [-0.2, -0.15) is 0 Å². The van der Waals surface area contributed by atoms with Crippen molar-refractivity contribution >= 4 is 11.6 Å². The quantitative estimate of drug-likeness (QED) is 0.778. The Kier molecular flexibility index (Phi) is 4.01. The summed E-state index contributed by atoms with van der Waals surface area (Å²) < 4.78 is 5.37. The Morgan fingerprint density at radius 1 is 1.28 bits per heavy atom. The topological polar surface area (TPSA) is 59.1 Å². The maximum Gasteiger partial charge on any atom is 0.158 e. The van der Waals surface area contributed by atoms with Gasteiger partial charge >= 0.3 is 0 Å². The highest BCUT2D eigenvalue weighted by atomic mass is 16.5.